The third-order valence-electron chi connectivity index (χ3n) is 4.23. The lowest BCUT2D eigenvalue weighted by molar-refractivity contribution is -0.116. The fourth-order valence-corrected chi connectivity index (χ4v) is 2.77. The Hall–Kier alpha value is -3.42. The number of rotatable bonds is 9. The zero-order valence-corrected chi connectivity index (χ0v) is 17.8. The summed E-state index contributed by atoms with van der Waals surface area (Å²) in [5.74, 6) is 0.979. The third kappa shape index (κ3) is 7.90. The van der Waals surface area contributed by atoms with Crippen LogP contribution in [-0.2, 0) is 11.2 Å². The van der Waals surface area contributed by atoms with E-state index in [-0.39, 0.29) is 18.2 Å². The molecule has 0 unspecified atom stereocenters. The second-order valence-electron chi connectivity index (χ2n) is 6.68. The molecule has 0 bridgehead atoms. The predicted octanol–water partition coefficient (Wildman–Crippen LogP) is 1.88. The van der Waals surface area contributed by atoms with Gasteiger partial charge in [-0.3, -0.25) is 14.6 Å². The van der Waals surface area contributed by atoms with E-state index in [9.17, 15) is 9.59 Å². The van der Waals surface area contributed by atoms with Gasteiger partial charge in [-0.15, -0.1) is 0 Å². The Morgan fingerprint density at radius 2 is 1.90 bits per heavy atom. The van der Waals surface area contributed by atoms with E-state index in [4.69, 9.17) is 0 Å². The van der Waals surface area contributed by atoms with E-state index in [2.05, 4.69) is 31.2 Å². The first-order chi connectivity index (χ1) is 14.5. The molecule has 0 radical (unpaired) electrons. The number of nitrogens with zero attached hydrogens (tertiary/aromatic N) is 2. The third-order valence-corrected chi connectivity index (χ3v) is 4.23. The lowest BCUT2D eigenvalue weighted by Gasteiger charge is -2.12. The number of guanidine groups is 1. The molecule has 0 spiro atoms. The summed E-state index contributed by atoms with van der Waals surface area (Å²) in [5.41, 5.74) is 2.56. The summed E-state index contributed by atoms with van der Waals surface area (Å²) < 4.78 is 0. The van der Waals surface area contributed by atoms with Gasteiger partial charge in [0.2, 0.25) is 5.91 Å². The SMILES string of the molecule is CCNC(=NCCC(=O)Nc1cccc(C)n1)NCCc1cccc(C(=O)NC)c1. The van der Waals surface area contributed by atoms with Crippen LogP contribution in [0.2, 0.25) is 0 Å². The van der Waals surface area contributed by atoms with Gasteiger partial charge in [-0.05, 0) is 50.1 Å². The fourth-order valence-electron chi connectivity index (χ4n) is 2.77. The lowest BCUT2D eigenvalue weighted by atomic mass is 10.1. The molecule has 1 aromatic heterocycles. The number of pyridine rings is 1. The zero-order valence-electron chi connectivity index (χ0n) is 17.8. The first-order valence-electron chi connectivity index (χ1n) is 10.1. The van der Waals surface area contributed by atoms with E-state index < -0.39 is 0 Å². The maximum Gasteiger partial charge on any atom is 0.251 e. The number of benzene rings is 1. The molecule has 0 atom stereocenters. The van der Waals surface area contributed by atoms with E-state index in [1.54, 1.807) is 19.2 Å². The molecule has 30 heavy (non-hydrogen) atoms. The van der Waals surface area contributed by atoms with Crippen LogP contribution < -0.4 is 21.3 Å². The average molecular weight is 411 g/mol. The molecular weight excluding hydrogens is 380 g/mol. The van der Waals surface area contributed by atoms with E-state index >= 15 is 0 Å². The molecule has 2 rings (SSSR count). The number of carbonyl (C=O) groups excluding carboxylic acids is 2. The first kappa shape index (κ1) is 22.9. The molecule has 1 aromatic carbocycles. The summed E-state index contributed by atoms with van der Waals surface area (Å²) in [7, 11) is 1.62. The Morgan fingerprint density at radius 1 is 1.10 bits per heavy atom. The van der Waals surface area contributed by atoms with Crippen LogP contribution >= 0.6 is 0 Å². The van der Waals surface area contributed by atoms with Crippen molar-refractivity contribution in [3.05, 3.63) is 59.3 Å². The van der Waals surface area contributed by atoms with Crippen LogP contribution in [0.3, 0.4) is 0 Å². The van der Waals surface area contributed by atoms with Gasteiger partial charge in [0, 0.05) is 37.8 Å². The second kappa shape index (κ2) is 12.2. The molecule has 0 aliphatic rings. The maximum absolute atomic E-state index is 12.1. The van der Waals surface area contributed by atoms with Gasteiger partial charge >= 0.3 is 0 Å². The average Bonchev–Trinajstić information content (AvgIpc) is 2.73. The molecule has 8 nitrogen and oxygen atoms in total. The van der Waals surface area contributed by atoms with Gasteiger partial charge in [0.1, 0.15) is 5.82 Å². The van der Waals surface area contributed by atoms with Crippen molar-refractivity contribution in [1.82, 2.24) is 20.9 Å². The van der Waals surface area contributed by atoms with Gasteiger partial charge in [-0.2, -0.15) is 0 Å². The van der Waals surface area contributed by atoms with Crippen molar-refractivity contribution >= 4 is 23.6 Å². The van der Waals surface area contributed by atoms with Crippen molar-refractivity contribution in [2.24, 2.45) is 4.99 Å². The van der Waals surface area contributed by atoms with Crippen LogP contribution in [0.15, 0.2) is 47.5 Å². The molecule has 2 amide bonds. The number of amides is 2. The summed E-state index contributed by atoms with van der Waals surface area (Å²) in [5, 5.41) is 11.8. The lowest BCUT2D eigenvalue weighted by Crippen LogP contribution is -2.38. The molecule has 0 aliphatic heterocycles. The van der Waals surface area contributed by atoms with Crippen molar-refractivity contribution in [2.45, 2.75) is 26.7 Å². The number of anilines is 1. The van der Waals surface area contributed by atoms with Crippen LogP contribution in [-0.4, -0.2) is 49.4 Å². The summed E-state index contributed by atoms with van der Waals surface area (Å²) in [6.45, 7) is 5.60. The van der Waals surface area contributed by atoms with Gasteiger partial charge in [-0.1, -0.05) is 18.2 Å². The summed E-state index contributed by atoms with van der Waals surface area (Å²) in [6, 6.07) is 13.0. The van der Waals surface area contributed by atoms with Gasteiger partial charge < -0.3 is 21.3 Å². The summed E-state index contributed by atoms with van der Waals surface area (Å²) in [4.78, 5) is 32.5. The molecule has 0 aliphatic carbocycles. The minimum atomic E-state index is -0.126. The van der Waals surface area contributed by atoms with E-state index in [0.717, 1.165) is 24.2 Å². The van der Waals surface area contributed by atoms with Crippen molar-refractivity contribution in [1.29, 1.82) is 0 Å². The van der Waals surface area contributed by atoms with Crippen LogP contribution in [0.1, 0.15) is 35.0 Å². The van der Waals surface area contributed by atoms with E-state index in [0.29, 0.717) is 30.4 Å². The van der Waals surface area contributed by atoms with Crippen molar-refractivity contribution in [3.8, 4) is 0 Å². The molecule has 8 heteroatoms. The van der Waals surface area contributed by atoms with Crippen molar-refractivity contribution in [3.63, 3.8) is 0 Å². The maximum atomic E-state index is 12.1. The van der Waals surface area contributed by atoms with E-state index in [1.165, 1.54) is 0 Å². The zero-order chi connectivity index (χ0) is 21.8. The highest BCUT2D eigenvalue weighted by atomic mass is 16.2. The number of aliphatic imine (C=N–C) groups is 1. The monoisotopic (exact) mass is 410 g/mol. The number of hydrogen-bond acceptors (Lipinski definition) is 4. The van der Waals surface area contributed by atoms with E-state index in [1.807, 2.05) is 44.2 Å². The highest BCUT2D eigenvalue weighted by molar-refractivity contribution is 5.94. The first-order valence-corrected chi connectivity index (χ1v) is 10.1. The summed E-state index contributed by atoms with van der Waals surface area (Å²) in [6.07, 6.45) is 1.01. The molecule has 4 N–H and O–H groups in total. The Bertz CT molecular complexity index is 881. The van der Waals surface area contributed by atoms with Gasteiger partial charge in [0.15, 0.2) is 5.96 Å². The Morgan fingerprint density at radius 3 is 2.63 bits per heavy atom. The topological polar surface area (TPSA) is 108 Å². The number of aryl methyl sites for hydroxylation is 1. The molecule has 0 fully saturated rings. The minimum Gasteiger partial charge on any atom is -0.357 e. The number of carbonyl (C=O) groups is 2. The second-order valence-corrected chi connectivity index (χ2v) is 6.68. The molecular formula is C22H30N6O2. The van der Waals surface area contributed by atoms with Crippen LogP contribution in [0.5, 0.6) is 0 Å². The highest BCUT2D eigenvalue weighted by Crippen LogP contribution is 2.06. The van der Waals surface area contributed by atoms with Crippen molar-refractivity contribution < 1.29 is 9.59 Å². The number of hydrogen-bond donors (Lipinski definition) is 4. The Balaban J connectivity index is 1.81. The normalized spacial score (nSPS) is 11.0. The minimum absolute atomic E-state index is 0.0983. The van der Waals surface area contributed by atoms with Crippen molar-refractivity contribution in [2.75, 3.05) is 32.0 Å². The van der Waals surface area contributed by atoms with Gasteiger partial charge in [0.05, 0.1) is 6.54 Å². The number of nitrogens with one attached hydrogen (secondary N) is 4. The molecule has 0 saturated carbocycles. The fraction of sp³-hybridized carbons (Fsp3) is 0.364. The summed E-state index contributed by atoms with van der Waals surface area (Å²) >= 11 is 0. The smallest absolute Gasteiger partial charge is 0.251 e. The number of aromatic nitrogens is 1. The van der Waals surface area contributed by atoms with Crippen LogP contribution in [0.25, 0.3) is 0 Å². The standard InChI is InChI=1S/C22H30N6O2/c1-4-24-22(25-13-11-17-8-6-9-18(15-17)21(30)23-3)26-14-12-20(29)28-19-10-5-7-16(2)27-19/h5-10,15H,4,11-14H2,1-3H3,(H,23,30)(H2,24,25,26)(H,27,28,29). The van der Waals surface area contributed by atoms with Crippen LogP contribution in [0.4, 0.5) is 5.82 Å². The largest absolute Gasteiger partial charge is 0.357 e. The molecule has 160 valence electrons. The molecule has 1 heterocycles. The quantitative estimate of drug-likeness (QED) is 0.373. The Kier molecular flexibility index (Phi) is 9.30. The predicted molar refractivity (Wildman–Crippen MR) is 120 cm³/mol. The molecule has 0 saturated heterocycles. The highest BCUT2D eigenvalue weighted by Gasteiger charge is 2.05. The van der Waals surface area contributed by atoms with Gasteiger partial charge in [0.25, 0.3) is 5.91 Å². The molecule has 2 aromatic rings. The van der Waals surface area contributed by atoms with Crippen LogP contribution in [0, 0.1) is 6.92 Å². The van der Waals surface area contributed by atoms with Gasteiger partial charge in [-0.25, -0.2) is 4.98 Å². The Labute approximate surface area is 177 Å².